The monoisotopic (exact) mass is 494 g/mol. The molecular formula is C36H30O2. The van der Waals surface area contributed by atoms with Gasteiger partial charge in [-0.2, -0.15) is 0 Å². The Morgan fingerprint density at radius 1 is 0.421 bits per heavy atom. The van der Waals surface area contributed by atoms with E-state index in [9.17, 15) is 0 Å². The van der Waals surface area contributed by atoms with Crippen LogP contribution in [-0.2, 0) is 6.42 Å². The van der Waals surface area contributed by atoms with Crippen LogP contribution in [0.5, 0.6) is 23.0 Å². The molecular weight excluding hydrogens is 464 g/mol. The van der Waals surface area contributed by atoms with E-state index in [4.69, 9.17) is 9.47 Å². The largest absolute Gasteiger partial charge is 0.457 e. The molecule has 0 atom stereocenters. The summed E-state index contributed by atoms with van der Waals surface area (Å²) in [6.45, 7) is 2.20. The zero-order valence-electron chi connectivity index (χ0n) is 21.5. The molecule has 5 aromatic carbocycles. The van der Waals surface area contributed by atoms with Crippen LogP contribution in [0.2, 0.25) is 0 Å². The predicted octanol–water partition coefficient (Wildman–Crippen LogP) is 10.2. The molecule has 0 saturated heterocycles. The van der Waals surface area contributed by atoms with Crippen molar-refractivity contribution in [1.29, 1.82) is 0 Å². The first-order chi connectivity index (χ1) is 18.8. The molecule has 0 N–H and O–H groups in total. The highest BCUT2D eigenvalue weighted by atomic mass is 16.5. The second kappa shape index (κ2) is 12.4. The second-order valence-electron chi connectivity index (χ2n) is 8.90. The summed E-state index contributed by atoms with van der Waals surface area (Å²) in [5, 5.41) is 0. The van der Waals surface area contributed by atoms with Gasteiger partial charge in [-0.15, -0.1) is 0 Å². The van der Waals surface area contributed by atoms with Crippen molar-refractivity contribution < 1.29 is 9.47 Å². The normalized spacial score (nSPS) is 11.2. The van der Waals surface area contributed by atoms with Gasteiger partial charge in [0.05, 0.1) is 0 Å². The van der Waals surface area contributed by atoms with E-state index < -0.39 is 0 Å². The van der Waals surface area contributed by atoms with E-state index in [2.05, 4.69) is 73.7 Å². The minimum absolute atomic E-state index is 0.828. The molecule has 0 aliphatic carbocycles. The van der Waals surface area contributed by atoms with Gasteiger partial charge in [-0.25, -0.2) is 0 Å². The number of rotatable bonds is 9. The third-order valence-corrected chi connectivity index (χ3v) is 6.23. The molecule has 0 aliphatic rings. The summed E-state index contributed by atoms with van der Waals surface area (Å²) in [6, 6.07) is 42.5. The van der Waals surface area contributed by atoms with Crippen LogP contribution in [0.15, 0.2) is 127 Å². The van der Waals surface area contributed by atoms with Gasteiger partial charge in [-0.1, -0.05) is 110 Å². The van der Waals surface area contributed by atoms with Gasteiger partial charge in [0.15, 0.2) is 0 Å². The zero-order valence-corrected chi connectivity index (χ0v) is 21.5. The summed E-state index contributed by atoms with van der Waals surface area (Å²) >= 11 is 0. The molecule has 5 rings (SSSR count). The Kier molecular flexibility index (Phi) is 8.13. The molecule has 186 valence electrons. The first kappa shape index (κ1) is 24.9. The molecule has 38 heavy (non-hydrogen) atoms. The third-order valence-electron chi connectivity index (χ3n) is 6.23. The van der Waals surface area contributed by atoms with Crippen LogP contribution in [0.25, 0.3) is 24.3 Å². The van der Waals surface area contributed by atoms with E-state index >= 15 is 0 Å². The van der Waals surface area contributed by atoms with Crippen molar-refractivity contribution in [3.05, 3.63) is 155 Å². The first-order valence-corrected chi connectivity index (χ1v) is 12.9. The van der Waals surface area contributed by atoms with E-state index in [1.807, 2.05) is 84.9 Å². The lowest BCUT2D eigenvalue weighted by Gasteiger charge is -2.09. The fraction of sp³-hybridized carbons (Fsp3) is 0.0556. The molecule has 0 unspecified atom stereocenters. The summed E-state index contributed by atoms with van der Waals surface area (Å²) < 4.78 is 11.8. The number of hydrogen-bond acceptors (Lipinski definition) is 2. The predicted molar refractivity (Wildman–Crippen MR) is 160 cm³/mol. The Morgan fingerprint density at radius 2 is 0.816 bits per heavy atom. The average molecular weight is 495 g/mol. The second-order valence-corrected chi connectivity index (χ2v) is 8.90. The van der Waals surface area contributed by atoms with Gasteiger partial charge in [-0.05, 0) is 82.8 Å². The maximum absolute atomic E-state index is 5.91. The lowest BCUT2D eigenvalue weighted by atomic mass is 9.97. The molecule has 0 amide bonds. The Morgan fingerprint density at radius 3 is 1.21 bits per heavy atom. The highest BCUT2D eigenvalue weighted by Gasteiger charge is 2.03. The van der Waals surface area contributed by atoms with Crippen LogP contribution in [0.1, 0.15) is 34.7 Å². The Balaban J connectivity index is 1.26. The van der Waals surface area contributed by atoms with Crippen LogP contribution < -0.4 is 9.47 Å². The van der Waals surface area contributed by atoms with Crippen molar-refractivity contribution >= 4 is 24.3 Å². The van der Waals surface area contributed by atoms with Crippen molar-refractivity contribution in [3.63, 3.8) is 0 Å². The molecule has 0 heterocycles. The van der Waals surface area contributed by atoms with Crippen molar-refractivity contribution in [2.24, 2.45) is 0 Å². The summed E-state index contributed by atoms with van der Waals surface area (Å²) in [7, 11) is 0. The van der Waals surface area contributed by atoms with Crippen LogP contribution in [-0.4, -0.2) is 0 Å². The number of ether oxygens (including phenoxy) is 2. The Bertz CT molecular complexity index is 1390. The van der Waals surface area contributed by atoms with Gasteiger partial charge in [0.25, 0.3) is 0 Å². The van der Waals surface area contributed by atoms with E-state index in [-0.39, 0.29) is 0 Å². The van der Waals surface area contributed by atoms with E-state index in [1.165, 1.54) is 16.7 Å². The van der Waals surface area contributed by atoms with E-state index in [0.29, 0.717) is 0 Å². The van der Waals surface area contributed by atoms with Gasteiger partial charge in [0.1, 0.15) is 23.0 Å². The summed E-state index contributed by atoms with van der Waals surface area (Å²) in [5.74, 6) is 3.33. The minimum atomic E-state index is 0.828. The van der Waals surface area contributed by atoms with Crippen molar-refractivity contribution in [2.45, 2.75) is 13.3 Å². The standard InChI is InChI=1S/C36H30O2/c1-2-36-30(22-16-28-18-24-34(25-19-28)37-32-12-5-3-6-13-32)10-9-11-31(36)23-17-29-20-26-35(27-21-29)38-33-14-7-4-8-15-33/h3-27H,2H2,1H3/b22-16+,23-17+. The third kappa shape index (κ3) is 6.68. The molecule has 2 nitrogen and oxygen atoms in total. The average Bonchev–Trinajstić information content (AvgIpc) is 2.97. The zero-order chi connectivity index (χ0) is 26.0. The van der Waals surface area contributed by atoms with Crippen LogP contribution in [0.3, 0.4) is 0 Å². The molecule has 2 heteroatoms. The van der Waals surface area contributed by atoms with Crippen molar-refractivity contribution in [1.82, 2.24) is 0 Å². The number of hydrogen-bond donors (Lipinski definition) is 0. The van der Waals surface area contributed by atoms with Gasteiger partial charge < -0.3 is 9.47 Å². The highest BCUT2D eigenvalue weighted by Crippen LogP contribution is 2.25. The molecule has 0 bridgehead atoms. The van der Waals surface area contributed by atoms with Gasteiger partial charge >= 0.3 is 0 Å². The van der Waals surface area contributed by atoms with E-state index in [1.54, 1.807) is 0 Å². The highest BCUT2D eigenvalue weighted by molar-refractivity contribution is 5.77. The maximum Gasteiger partial charge on any atom is 0.127 e. The molecule has 0 saturated carbocycles. The van der Waals surface area contributed by atoms with Crippen molar-refractivity contribution in [2.75, 3.05) is 0 Å². The molecule has 0 aliphatic heterocycles. The summed E-state index contributed by atoms with van der Waals surface area (Å²) in [4.78, 5) is 0. The maximum atomic E-state index is 5.91. The SMILES string of the molecule is CCc1c(/C=C/c2ccc(Oc3ccccc3)cc2)cccc1/C=C/c1ccc(Oc2ccccc2)cc1. The lowest BCUT2D eigenvalue weighted by molar-refractivity contribution is 0.482. The fourth-order valence-electron chi connectivity index (χ4n) is 4.26. The van der Waals surface area contributed by atoms with Gasteiger partial charge in [0, 0.05) is 0 Å². The molecule has 0 fully saturated rings. The summed E-state index contributed by atoms with van der Waals surface area (Å²) in [6.07, 6.45) is 9.64. The van der Waals surface area contributed by atoms with E-state index in [0.717, 1.165) is 40.5 Å². The van der Waals surface area contributed by atoms with Crippen LogP contribution >= 0.6 is 0 Å². The lowest BCUT2D eigenvalue weighted by Crippen LogP contribution is -1.91. The molecule has 0 aromatic heterocycles. The smallest absolute Gasteiger partial charge is 0.127 e. The Hall–Kier alpha value is -4.82. The van der Waals surface area contributed by atoms with Gasteiger partial charge in [-0.3, -0.25) is 0 Å². The number of para-hydroxylation sites is 2. The minimum Gasteiger partial charge on any atom is -0.457 e. The molecule has 5 aromatic rings. The topological polar surface area (TPSA) is 18.5 Å². The first-order valence-electron chi connectivity index (χ1n) is 12.9. The Labute approximate surface area is 225 Å². The number of benzene rings is 5. The summed E-state index contributed by atoms with van der Waals surface area (Å²) in [5.41, 5.74) is 6.04. The van der Waals surface area contributed by atoms with Crippen molar-refractivity contribution in [3.8, 4) is 23.0 Å². The van der Waals surface area contributed by atoms with Gasteiger partial charge in [0.2, 0.25) is 0 Å². The van der Waals surface area contributed by atoms with Crippen LogP contribution in [0, 0.1) is 0 Å². The molecule has 0 radical (unpaired) electrons. The fourth-order valence-corrected chi connectivity index (χ4v) is 4.26. The quantitative estimate of drug-likeness (QED) is 0.190. The van der Waals surface area contributed by atoms with Crippen LogP contribution in [0.4, 0.5) is 0 Å². The molecule has 0 spiro atoms.